The summed E-state index contributed by atoms with van der Waals surface area (Å²) < 4.78 is 63.6. The molecule has 1 atom stereocenters. The van der Waals surface area contributed by atoms with Crippen molar-refractivity contribution in [1.82, 2.24) is 4.31 Å². The van der Waals surface area contributed by atoms with E-state index in [1.54, 1.807) is 0 Å². The molecule has 1 heterocycles. The second-order valence-electron chi connectivity index (χ2n) is 5.20. The molecule has 1 aliphatic rings. The standard InChI is InChI=1S/C13H17F3N2O2S/c14-13(15,16)12-3-1-2-10(6-12)9-21(19,20)18-5-4-11(7-17)8-18/h1-3,6,11H,4-5,7-9,17H2. The summed E-state index contributed by atoms with van der Waals surface area (Å²) in [5.74, 6) is -0.296. The molecular weight excluding hydrogens is 305 g/mol. The number of rotatable bonds is 4. The zero-order valence-electron chi connectivity index (χ0n) is 11.3. The van der Waals surface area contributed by atoms with Gasteiger partial charge < -0.3 is 5.73 Å². The molecule has 0 spiro atoms. The third-order valence-electron chi connectivity index (χ3n) is 3.58. The predicted molar refractivity (Wildman–Crippen MR) is 72.8 cm³/mol. The lowest BCUT2D eigenvalue weighted by molar-refractivity contribution is -0.137. The van der Waals surface area contributed by atoms with E-state index in [2.05, 4.69) is 0 Å². The average molecular weight is 322 g/mol. The van der Waals surface area contributed by atoms with E-state index >= 15 is 0 Å². The Labute approximate surface area is 121 Å². The Hall–Kier alpha value is -1.12. The van der Waals surface area contributed by atoms with Crippen molar-refractivity contribution in [3.63, 3.8) is 0 Å². The topological polar surface area (TPSA) is 63.4 Å². The van der Waals surface area contributed by atoms with E-state index in [-0.39, 0.29) is 11.5 Å². The first kappa shape index (κ1) is 16.3. The van der Waals surface area contributed by atoms with Crippen molar-refractivity contribution >= 4 is 10.0 Å². The van der Waals surface area contributed by atoms with Crippen LogP contribution in [0.5, 0.6) is 0 Å². The number of alkyl halides is 3. The minimum absolute atomic E-state index is 0.126. The van der Waals surface area contributed by atoms with Crippen molar-refractivity contribution in [2.45, 2.75) is 18.3 Å². The molecule has 0 saturated carbocycles. The molecule has 0 amide bonds. The Morgan fingerprint density at radius 2 is 2.05 bits per heavy atom. The molecule has 0 aromatic heterocycles. The number of hydrogen-bond donors (Lipinski definition) is 1. The van der Waals surface area contributed by atoms with Gasteiger partial charge in [-0.05, 0) is 30.5 Å². The van der Waals surface area contributed by atoms with Gasteiger partial charge in [-0.15, -0.1) is 0 Å². The van der Waals surface area contributed by atoms with Crippen LogP contribution in [-0.4, -0.2) is 32.4 Å². The van der Waals surface area contributed by atoms with Crippen LogP contribution in [0.1, 0.15) is 17.5 Å². The second kappa shape index (κ2) is 5.94. The minimum Gasteiger partial charge on any atom is -0.330 e. The van der Waals surface area contributed by atoms with Gasteiger partial charge in [0.15, 0.2) is 0 Å². The first-order valence-electron chi connectivity index (χ1n) is 6.56. The summed E-state index contributed by atoms with van der Waals surface area (Å²) in [6.45, 7) is 1.14. The van der Waals surface area contributed by atoms with Gasteiger partial charge in [0, 0.05) is 13.1 Å². The highest BCUT2D eigenvalue weighted by Crippen LogP contribution is 2.30. The SMILES string of the molecule is NCC1CCN(S(=O)(=O)Cc2cccc(C(F)(F)F)c2)C1. The van der Waals surface area contributed by atoms with E-state index in [9.17, 15) is 21.6 Å². The molecule has 2 rings (SSSR count). The molecular formula is C13H17F3N2O2S. The summed E-state index contributed by atoms with van der Waals surface area (Å²) in [6, 6.07) is 4.42. The highest BCUT2D eigenvalue weighted by atomic mass is 32.2. The van der Waals surface area contributed by atoms with Crippen molar-refractivity contribution in [3.8, 4) is 0 Å². The van der Waals surface area contributed by atoms with Crippen LogP contribution in [-0.2, 0) is 22.0 Å². The fourth-order valence-corrected chi connectivity index (χ4v) is 3.99. The minimum atomic E-state index is -4.47. The Morgan fingerprint density at radius 3 is 2.62 bits per heavy atom. The number of sulfonamides is 1. The van der Waals surface area contributed by atoms with Gasteiger partial charge in [0.05, 0.1) is 11.3 Å². The van der Waals surface area contributed by atoms with Gasteiger partial charge in [0.25, 0.3) is 0 Å². The van der Waals surface area contributed by atoms with Gasteiger partial charge >= 0.3 is 6.18 Å². The lowest BCUT2D eigenvalue weighted by Crippen LogP contribution is -2.31. The van der Waals surface area contributed by atoms with Crippen LogP contribution in [0.4, 0.5) is 13.2 Å². The van der Waals surface area contributed by atoms with Crippen LogP contribution in [0.3, 0.4) is 0 Å². The summed E-state index contributed by atoms with van der Waals surface area (Å²) in [5.41, 5.74) is 4.82. The van der Waals surface area contributed by atoms with E-state index in [0.717, 1.165) is 12.1 Å². The molecule has 118 valence electrons. The third-order valence-corrected chi connectivity index (χ3v) is 5.40. The molecule has 0 bridgehead atoms. The van der Waals surface area contributed by atoms with Crippen LogP contribution in [0.25, 0.3) is 0 Å². The molecule has 1 fully saturated rings. The summed E-state index contributed by atoms with van der Waals surface area (Å²) in [6.07, 6.45) is -3.78. The van der Waals surface area contributed by atoms with E-state index in [4.69, 9.17) is 5.73 Å². The molecule has 1 aromatic rings. The Balaban J connectivity index is 2.14. The van der Waals surface area contributed by atoms with Crippen LogP contribution in [0, 0.1) is 5.92 Å². The van der Waals surface area contributed by atoms with E-state index in [1.807, 2.05) is 0 Å². The van der Waals surface area contributed by atoms with Crippen molar-refractivity contribution in [1.29, 1.82) is 0 Å². The van der Waals surface area contributed by atoms with Gasteiger partial charge in [-0.3, -0.25) is 0 Å². The maximum atomic E-state index is 12.6. The van der Waals surface area contributed by atoms with Crippen LogP contribution < -0.4 is 5.73 Å². The van der Waals surface area contributed by atoms with Crippen LogP contribution in [0.2, 0.25) is 0 Å². The van der Waals surface area contributed by atoms with E-state index in [1.165, 1.54) is 16.4 Å². The normalized spacial score (nSPS) is 20.9. The zero-order valence-corrected chi connectivity index (χ0v) is 12.1. The Bertz CT molecular complexity index is 602. The number of nitrogens with two attached hydrogens (primary N) is 1. The van der Waals surface area contributed by atoms with Gasteiger partial charge in [-0.2, -0.15) is 13.2 Å². The molecule has 8 heteroatoms. The van der Waals surface area contributed by atoms with Crippen molar-refractivity contribution in [2.75, 3.05) is 19.6 Å². The fourth-order valence-electron chi connectivity index (χ4n) is 2.38. The highest BCUT2D eigenvalue weighted by Gasteiger charge is 2.33. The monoisotopic (exact) mass is 322 g/mol. The van der Waals surface area contributed by atoms with Crippen LogP contribution in [0.15, 0.2) is 24.3 Å². The van der Waals surface area contributed by atoms with Crippen molar-refractivity contribution < 1.29 is 21.6 Å². The van der Waals surface area contributed by atoms with Crippen molar-refractivity contribution in [2.24, 2.45) is 11.7 Å². The third kappa shape index (κ3) is 3.96. The van der Waals surface area contributed by atoms with E-state index < -0.39 is 27.5 Å². The van der Waals surface area contributed by atoms with E-state index in [0.29, 0.717) is 26.1 Å². The summed E-state index contributed by atoms with van der Waals surface area (Å²) in [7, 11) is -3.61. The first-order valence-corrected chi connectivity index (χ1v) is 8.17. The molecule has 2 N–H and O–H groups in total. The van der Waals surface area contributed by atoms with Gasteiger partial charge in [-0.1, -0.05) is 18.2 Å². The highest BCUT2D eigenvalue weighted by molar-refractivity contribution is 7.88. The van der Waals surface area contributed by atoms with Gasteiger partial charge in [0.2, 0.25) is 10.0 Å². The molecule has 1 saturated heterocycles. The molecule has 1 aromatic carbocycles. The number of nitrogens with zero attached hydrogens (tertiary/aromatic N) is 1. The first-order chi connectivity index (χ1) is 9.72. The lowest BCUT2D eigenvalue weighted by Gasteiger charge is -2.17. The number of benzene rings is 1. The molecule has 0 radical (unpaired) electrons. The molecule has 0 aliphatic carbocycles. The fraction of sp³-hybridized carbons (Fsp3) is 0.538. The van der Waals surface area contributed by atoms with Crippen LogP contribution >= 0.6 is 0 Å². The largest absolute Gasteiger partial charge is 0.416 e. The number of hydrogen-bond acceptors (Lipinski definition) is 3. The molecule has 1 unspecified atom stereocenters. The Kier molecular flexibility index (Phi) is 4.60. The molecule has 21 heavy (non-hydrogen) atoms. The van der Waals surface area contributed by atoms with Crippen molar-refractivity contribution in [3.05, 3.63) is 35.4 Å². The lowest BCUT2D eigenvalue weighted by atomic mass is 10.1. The number of halogens is 3. The van der Waals surface area contributed by atoms with Gasteiger partial charge in [-0.25, -0.2) is 12.7 Å². The van der Waals surface area contributed by atoms with Gasteiger partial charge in [0.1, 0.15) is 0 Å². The molecule has 4 nitrogen and oxygen atoms in total. The maximum Gasteiger partial charge on any atom is 0.416 e. The smallest absolute Gasteiger partial charge is 0.330 e. The second-order valence-corrected chi connectivity index (χ2v) is 7.17. The zero-order chi connectivity index (χ0) is 15.7. The maximum absolute atomic E-state index is 12.6. The Morgan fingerprint density at radius 1 is 1.33 bits per heavy atom. The predicted octanol–water partition coefficient (Wildman–Crippen LogP) is 1.82. The molecule has 1 aliphatic heterocycles. The average Bonchev–Trinajstić information content (AvgIpc) is 2.87. The summed E-state index contributed by atoms with van der Waals surface area (Å²) >= 11 is 0. The summed E-state index contributed by atoms with van der Waals surface area (Å²) in [4.78, 5) is 0. The quantitative estimate of drug-likeness (QED) is 0.919. The summed E-state index contributed by atoms with van der Waals surface area (Å²) in [5, 5.41) is 0.